The number of aromatic nitrogens is 2. The summed E-state index contributed by atoms with van der Waals surface area (Å²) in [5.41, 5.74) is 0.729. The molecule has 4 aromatic rings. The minimum absolute atomic E-state index is 0.0947. The first-order valence-corrected chi connectivity index (χ1v) is 11.4. The van der Waals surface area contributed by atoms with Crippen molar-refractivity contribution in [2.45, 2.75) is 19.9 Å². The average molecular weight is 578 g/mol. The predicted molar refractivity (Wildman–Crippen MR) is 127 cm³/mol. The number of rotatable bonds is 5. The normalized spacial score (nSPS) is 11.1. The van der Waals surface area contributed by atoms with Crippen LogP contribution in [0.25, 0.3) is 10.8 Å². The second-order valence-corrected chi connectivity index (χ2v) is 9.18. The fourth-order valence-electron chi connectivity index (χ4n) is 3.52. The number of carbonyl (C=O) groups is 1. The quantitative estimate of drug-likeness (QED) is 0.283. The van der Waals surface area contributed by atoms with E-state index in [1.54, 1.807) is 36.4 Å². The lowest BCUT2D eigenvalue weighted by atomic mass is 9.99. The van der Waals surface area contributed by atoms with E-state index in [0.717, 1.165) is 4.68 Å². The zero-order valence-electron chi connectivity index (χ0n) is 17.2. The van der Waals surface area contributed by atoms with E-state index in [2.05, 4.69) is 37.0 Å². The summed E-state index contributed by atoms with van der Waals surface area (Å²) in [6.45, 7) is 1.06. The molecule has 0 fully saturated rings. The Balaban J connectivity index is 1.87. The molecule has 1 heterocycles. The Labute approximate surface area is 204 Å². The number of fused-ring (bicyclic) bond motifs is 1. The molecule has 3 aromatic carbocycles. The predicted octanol–water partition coefficient (Wildman–Crippen LogP) is 5.76. The van der Waals surface area contributed by atoms with E-state index in [1.165, 1.54) is 25.1 Å². The lowest BCUT2D eigenvalue weighted by Gasteiger charge is -2.14. The third kappa shape index (κ3) is 5.04. The van der Waals surface area contributed by atoms with Gasteiger partial charge in [0.25, 0.3) is 5.56 Å². The van der Waals surface area contributed by atoms with Gasteiger partial charge in [0.2, 0.25) is 5.88 Å². The summed E-state index contributed by atoms with van der Waals surface area (Å²) in [4.78, 5) is 25.0. The Morgan fingerprint density at radius 1 is 0.970 bits per heavy atom. The number of esters is 1. The topological polar surface area (TPSA) is 61.2 Å². The van der Waals surface area contributed by atoms with Gasteiger partial charge in [0, 0.05) is 27.9 Å². The maximum atomic E-state index is 14.5. The molecule has 5 nitrogen and oxygen atoms in total. The Morgan fingerprint density at radius 3 is 2.21 bits per heavy atom. The van der Waals surface area contributed by atoms with E-state index in [1.807, 2.05) is 0 Å². The van der Waals surface area contributed by atoms with Crippen molar-refractivity contribution in [2.75, 3.05) is 0 Å². The van der Waals surface area contributed by atoms with Crippen molar-refractivity contribution in [3.63, 3.8) is 0 Å². The smallest absolute Gasteiger partial charge is 0.309 e. The molecule has 0 radical (unpaired) electrons. The summed E-state index contributed by atoms with van der Waals surface area (Å²) in [6.07, 6.45) is 0.150. The van der Waals surface area contributed by atoms with E-state index < -0.39 is 23.2 Å². The number of halogens is 4. The number of carbonyl (C=O) groups excluding carboxylic acids is 1. The van der Waals surface area contributed by atoms with Crippen molar-refractivity contribution in [2.24, 2.45) is 0 Å². The van der Waals surface area contributed by atoms with Gasteiger partial charge in [-0.05, 0) is 41.5 Å². The monoisotopic (exact) mass is 576 g/mol. The fourth-order valence-corrected chi connectivity index (χ4v) is 4.18. The van der Waals surface area contributed by atoms with Gasteiger partial charge in [0.1, 0.15) is 11.6 Å². The van der Waals surface area contributed by atoms with Crippen molar-refractivity contribution in [3.05, 3.63) is 102 Å². The van der Waals surface area contributed by atoms with Crippen LogP contribution in [0.2, 0.25) is 0 Å². The maximum absolute atomic E-state index is 14.5. The molecule has 0 aliphatic carbocycles. The highest BCUT2D eigenvalue weighted by molar-refractivity contribution is 9.10. The van der Waals surface area contributed by atoms with Crippen LogP contribution < -0.4 is 10.3 Å². The molecule has 0 spiro atoms. The summed E-state index contributed by atoms with van der Waals surface area (Å²) >= 11 is 6.43. The Hall–Kier alpha value is -2.91. The first-order chi connectivity index (χ1) is 15.7. The maximum Gasteiger partial charge on any atom is 0.309 e. The molecule has 0 amide bonds. The third-order valence-electron chi connectivity index (χ3n) is 5.01. The molecule has 9 heteroatoms. The standard InChI is InChI=1S/C24H16Br2F2N2O3/c1-13(31)33-23-22-15(9-14-5-7-17(25)10-20(14)27)3-2-4-19(22)24(32)30(29-23)12-16-6-8-18(26)11-21(16)28/h2-8,10-11H,9,12H2,1H3. The zero-order chi connectivity index (χ0) is 23.7. The van der Waals surface area contributed by atoms with E-state index in [9.17, 15) is 18.4 Å². The summed E-state index contributed by atoms with van der Waals surface area (Å²) in [5.74, 6) is -1.65. The summed E-state index contributed by atoms with van der Waals surface area (Å²) < 4.78 is 36.4. The van der Waals surface area contributed by atoms with Crippen LogP contribution >= 0.6 is 31.9 Å². The molecule has 0 unspecified atom stereocenters. The molecular weight excluding hydrogens is 562 g/mol. The molecule has 33 heavy (non-hydrogen) atoms. The van der Waals surface area contributed by atoms with Gasteiger partial charge in [0.05, 0.1) is 17.3 Å². The van der Waals surface area contributed by atoms with Gasteiger partial charge in [-0.1, -0.05) is 56.1 Å². The highest BCUT2D eigenvalue weighted by Crippen LogP contribution is 2.28. The van der Waals surface area contributed by atoms with Gasteiger partial charge in [-0.25, -0.2) is 13.5 Å². The Bertz CT molecular complexity index is 1450. The molecule has 0 aliphatic rings. The summed E-state index contributed by atoms with van der Waals surface area (Å²) in [6, 6.07) is 14.1. The number of hydrogen-bond acceptors (Lipinski definition) is 4. The van der Waals surface area contributed by atoms with Crippen molar-refractivity contribution in [1.82, 2.24) is 9.78 Å². The summed E-state index contributed by atoms with van der Waals surface area (Å²) in [7, 11) is 0. The largest absolute Gasteiger partial charge is 0.405 e. The van der Waals surface area contributed by atoms with E-state index >= 15 is 0 Å². The molecule has 0 bridgehead atoms. The third-order valence-corrected chi connectivity index (χ3v) is 6.00. The lowest BCUT2D eigenvalue weighted by molar-refractivity contribution is -0.132. The molecule has 0 atom stereocenters. The highest BCUT2D eigenvalue weighted by Gasteiger charge is 2.19. The van der Waals surface area contributed by atoms with E-state index in [4.69, 9.17) is 4.74 Å². The second-order valence-electron chi connectivity index (χ2n) is 7.35. The highest BCUT2D eigenvalue weighted by atomic mass is 79.9. The van der Waals surface area contributed by atoms with Gasteiger partial charge in [0.15, 0.2) is 0 Å². The minimum atomic E-state index is -0.631. The summed E-state index contributed by atoms with van der Waals surface area (Å²) in [5, 5.41) is 4.76. The van der Waals surface area contributed by atoms with Crippen LogP contribution in [0.4, 0.5) is 8.78 Å². The van der Waals surface area contributed by atoms with Gasteiger partial charge in [-0.15, -0.1) is 5.10 Å². The zero-order valence-corrected chi connectivity index (χ0v) is 20.4. The van der Waals surface area contributed by atoms with Crippen LogP contribution in [0.15, 0.2) is 68.3 Å². The lowest BCUT2D eigenvalue weighted by Crippen LogP contribution is -2.25. The first kappa shape index (κ1) is 23.3. The van der Waals surface area contributed by atoms with Crippen molar-refractivity contribution in [3.8, 4) is 5.88 Å². The van der Waals surface area contributed by atoms with E-state index in [-0.39, 0.29) is 29.8 Å². The number of benzene rings is 3. The van der Waals surface area contributed by atoms with E-state index in [0.29, 0.717) is 25.5 Å². The fraction of sp³-hybridized carbons (Fsp3) is 0.125. The number of ether oxygens (including phenoxy) is 1. The molecule has 4 rings (SSSR count). The van der Waals surface area contributed by atoms with Crippen LogP contribution in [0.5, 0.6) is 5.88 Å². The van der Waals surface area contributed by atoms with Crippen molar-refractivity contribution in [1.29, 1.82) is 0 Å². The first-order valence-electron chi connectivity index (χ1n) is 9.82. The molecule has 1 aromatic heterocycles. The van der Waals surface area contributed by atoms with Crippen molar-refractivity contribution >= 4 is 48.6 Å². The van der Waals surface area contributed by atoms with Gasteiger partial charge < -0.3 is 4.74 Å². The molecule has 0 saturated heterocycles. The van der Waals surface area contributed by atoms with Crippen molar-refractivity contribution < 1.29 is 18.3 Å². The van der Waals surface area contributed by atoms with Gasteiger partial charge >= 0.3 is 5.97 Å². The number of nitrogens with zero attached hydrogens (tertiary/aromatic N) is 2. The minimum Gasteiger partial charge on any atom is -0.405 e. The molecule has 0 aliphatic heterocycles. The van der Waals surface area contributed by atoms with Crippen LogP contribution in [0, 0.1) is 11.6 Å². The average Bonchev–Trinajstić information content (AvgIpc) is 2.75. The molecule has 168 valence electrons. The van der Waals surface area contributed by atoms with Crippen LogP contribution in [-0.2, 0) is 17.8 Å². The number of hydrogen-bond donors (Lipinski definition) is 0. The van der Waals surface area contributed by atoms with Crippen LogP contribution in [0.1, 0.15) is 23.6 Å². The molecular formula is C24H16Br2F2N2O3. The Morgan fingerprint density at radius 2 is 1.61 bits per heavy atom. The van der Waals surface area contributed by atoms with Crippen LogP contribution in [0.3, 0.4) is 0 Å². The van der Waals surface area contributed by atoms with Gasteiger partial charge in [-0.2, -0.15) is 0 Å². The van der Waals surface area contributed by atoms with Crippen LogP contribution in [-0.4, -0.2) is 15.7 Å². The van der Waals surface area contributed by atoms with Gasteiger partial charge in [-0.3, -0.25) is 9.59 Å². The second kappa shape index (κ2) is 9.52. The molecule has 0 saturated carbocycles. The SMILES string of the molecule is CC(=O)Oc1nn(Cc2ccc(Br)cc2F)c(=O)c2cccc(Cc3ccc(Br)cc3F)c12. The Kier molecular flexibility index (Phi) is 6.71. The molecule has 0 N–H and O–H groups in total.